The van der Waals surface area contributed by atoms with Gasteiger partial charge in [0.1, 0.15) is 0 Å². The molecule has 0 bridgehead atoms. The van der Waals surface area contributed by atoms with E-state index in [0.717, 1.165) is 39.2 Å². The van der Waals surface area contributed by atoms with E-state index in [1.54, 1.807) is 0 Å². The van der Waals surface area contributed by atoms with Gasteiger partial charge in [0.25, 0.3) is 0 Å². The highest BCUT2D eigenvalue weighted by atomic mass is 14.9. The van der Waals surface area contributed by atoms with Crippen LogP contribution in [-0.4, -0.2) is 9.97 Å². The first-order chi connectivity index (χ1) is 18.3. The Bertz CT molecular complexity index is 1620. The fourth-order valence-corrected chi connectivity index (χ4v) is 4.64. The van der Waals surface area contributed by atoms with Crippen LogP contribution in [0.3, 0.4) is 0 Å². The predicted octanol–water partition coefficient (Wildman–Crippen LogP) is 9.12. The Morgan fingerprint density at radius 1 is 0.351 bits per heavy atom. The molecule has 5 aromatic carbocycles. The van der Waals surface area contributed by atoms with E-state index in [0.29, 0.717) is 5.82 Å². The van der Waals surface area contributed by atoms with Crippen molar-refractivity contribution in [2.75, 3.05) is 0 Å². The maximum Gasteiger partial charge on any atom is 0.160 e. The van der Waals surface area contributed by atoms with Gasteiger partial charge >= 0.3 is 0 Å². The average Bonchev–Trinajstić information content (AvgIpc) is 2.98. The first-order valence-corrected chi connectivity index (χ1v) is 12.5. The number of hydrogen-bond donors (Lipinski definition) is 0. The minimum atomic E-state index is 0.716. The normalized spacial score (nSPS) is 10.8. The molecule has 176 valence electrons. The van der Waals surface area contributed by atoms with Gasteiger partial charge in [0.05, 0.1) is 11.4 Å². The summed E-state index contributed by atoms with van der Waals surface area (Å²) in [6.45, 7) is 2.11. The summed E-state index contributed by atoms with van der Waals surface area (Å²) in [5, 5.41) is 0. The fraction of sp³-hybridized carbons (Fsp3) is 0.0286. The molecule has 6 rings (SSSR count). The van der Waals surface area contributed by atoms with Crippen molar-refractivity contribution in [2.24, 2.45) is 0 Å². The van der Waals surface area contributed by atoms with Gasteiger partial charge in [-0.2, -0.15) is 0 Å². The first-order valence-electron chi connectivity index (χ1n) is 12.5. The molecule has 2 nitrogen and oxygen atoms in total. The maximum absolute atomic E-state index is 5.20. The van der Waals surface area contributed by atoms with E-state index in [2.05, 4.69) is 128 Å². The van der Waals surface area contributed by atoms with Gasteiger partial charge in [-0.3, -0.25) is 0 Å². The van der Waals surface area contributed by atoms with Gasteiger partial charge in [0, 0.05) is 22.3 Å². The van der Waals surface area contributed by atoms with Crippen LogP contribution in [0.15, 0.2) is 140 Å². The smallest absolute Gasteiger partial charge is 0.160 e. The van der Waals surface area contributed by atoms with Crippen molar-refractivity contribution >= 4 is 0 Å². The molecular formula is C35H26N2. The summed E-state index contributed by atoms with van der Waals surface area (Å²) in [5.41, 5.74) is 10.7. The number of nitrogens with zero attached hydrogens (tertiary/aromatic N) is 2. The minimum absolute atomic E-state index is 0.716. The Morgan fingerprint density at radius 3 is 1.27 bits per heavy atom. The Balaban J connectivity index is 1.59. The zero-order valence-electron chi connectivity index (χ0n) is 20.7. The molecule has 0 saturated carbocycles. The topological polar surface area (TPSA) is 25.8 Å². The highest BCUT2D eigenvalue weighted by Gasteiger charge is 2.20. The van der Waals surface area contributed by atoms with Crippen LogP contribution in [0, 0.1) is 6.92 Å². The van der Waals surface area contributed by atoms with Gasteiger partial charge in [-0.15, -0.1) is 0 Å². The molecule has 0 fully saturated rings. The summed E-state index contributed by atoms with van der Waals surface area (Å²) in [6.07, 6.45) is 0. The van der Waals surface area contributed by atoms with Gasteiger partial charge in [-0.25, -0.2) is 9.97 Å². The van der Waals surface area contributed by atoms with Crippen LogP contribution in [0.1, 0.15) is 5.56 Å². The zero-order chi connectivity index (χ0) is 25.0. The molecular weight excluding hydrogens is 448 g/mol. The number of aromatic nitrogens is 2. The molecule has 0 aliphatic carbocycles. The Hall–Kier alpha value is -4.82. The zero-order valence-corrected chi connectivity index (χ0v) is 20.7. The highest BCUT2D eigenvalue weighted by molar-refractivity contribution is 5.92. The van der Waals surface area contributed by atoms with Crippen LogP contribution in [-0.2, 0) is 0 Å². The van der Waals surface area contributed by atoms with Crippen molar-refractivity contribution in [1.29, 1.82) is 0 Å². The molecule has 0 unspecified atom stereocenters. The summed E-state index contributed by atoms with van der Waals surface area (Å²) < 4.78 is 0. The number of aryl methyl sites for hydroxylation is 1. The first kappa shape index (κ1) is 22.6. The second-order valence-electron chi connectivity index (χ2n) is 9.16. The van der Waals surface area contributed by atoms with E-state index >= 15 is 0 Å². The Morgan fingerprint density at radius 2 is 0.730 bits per heavy atom. The van der Waals surface area contributed by atoms with E-state index in [-0.39, 0.29) is 0 Å². The van der Waals surface area contributed by atoms with Gasteiger partial charge in [0.2, 0.25) is 0 Å². The third-order valence-corrected chi connectivity index (χ3v) is 6.59. The third-order valence-electron chi connectivity index (χ3n) is 6.59. The lowest BCUT2D eigenvalue weighted by atomic mass is 9.93. The minimum Gasteiger partial charge on any atom is -0.227 e. The summed E-state index contributed by atoms with van der Waals surface area (Å²) in [6, 6.07) is 48.4. The molecule has 6 aromatic rings. The Kier molecular flexibility index (Phi) is 6.14. The quantitative estimate of drug-likeness (QED) is 0.249. The number of hydrogen-bond acceptors (Lipinski definition) is 2. The van der Waals surface area contributed by atoms with Crippen molar-refractivity contribution in [2.45, 2.75) is 6.92 Å². The SMILES string of the molecule is Cc1ccc(-c2nc(-c3ccc(-c4ccccc4)cc3)nc(-c3ccccc3)c2-c2ccccc2)cc1. The fourth-order valence-electron chi connectivity index (χ4n) is 4.64. The van der Waals surface area contributed by atoms with Crippen LogP contribution in [0.25, 0.3) is 56.2 Å². The van der Waals surface area contributed by atoms with Crippen LogP contribution in [0.4, 0.5) is 0 Å². The molecule has 1 heterocycles. The predicted molar refractivity (Wildman–Crippen MR) is 154 cm³/mol. The molecule has 0 saturated heterocycles. The van der Waals surface area contributed by atoms with E-state index in [1.807, 2.05) is 18.2 Å². The highest BCUT2D eigenvalue weighted by Crippen LogP contribution is 2.39. The maximum atomic E-state index is 5.20. The second-order valence-corrected chi connectivity index (χ2v) is 9.16. The Labute approximate surface area is 218 Å². The van der Waals surface area contributed by atoms with Crippen molar-refractivity contribution in [3.05, 3.63) is 145 Å². The van der Waals surface area contributed by atoms with Crippen LogP contribution >= 0.6 is 0 Å². The number of benzene rings is 5. The molecule has 0 atom stereocenters. The van der Waals surface area contributed by atoms with Gasteiger partial charge in [-0.1, -0.05) is 145 Å². The number of rotatable bonds is 5. The lowest BCUT2D eigenvalue weighted by molar-refractivity contribution is 1.18. The molecule has 2 heteroatoms. The average molecular weight is 475 g/mol. The largest absolute Gasteiger partial charge is 0.227 e. The van der Waals surface area contributed by atoms with Gasteiger partial charge in [-0.05, 0) is 23.6 Å². The van der Waals surface area contributed by atoms with E-state index in [4.69, 9.17) is 9.97 Å². The van der Waals surface area contributed by atoms with Crippen LogP contribution in [0.2, 0.25) is 0 Å². The van der Waals surface area contributed by atoms with E-state index in [1.165, 1.54) is 16.7 Å². The summed E-state index contributed by atoms with van der Waals surface area (Å²) in [5.74, 6) is 0.716. The van der Waals surface area contributed by atoms with Crippen molar-refractivity contribution < 1.29 is 0 Å². The molecule has 0 N–H and O–H groups in total. The monoisotopic (exact) mass is 474 g/mol. The molecule has 0 amide bonds. The van der Waals surface area contributed by atoms with E-state index in [9.17, 15) is 0 Å². The second kappa shape index (κ2) is 10.0. The molecule has 0 radical (unpaired) electrons. The standard InChI is InChI=1S/C35H26N2/c1-25-17-19-30(20-18-25)34-32(28-13-7-3-8-14-28)33(29-15-9-4-10-16-29)36-35(37-34)31-23-21-27(22-24-31)26-11-5-2-6-12-26/h2-24H,1H3. The van der Waals surface area contributed by atoms with Crippen molar-refractivity contribution in [3.63, 3.8) is 0 Å². The molecule has 0 spiro atoms. The van der Waals surface area contributed by atoms with Crippen LogP contribution in [0.5, 0.6) is 0 Å². The molecule has 0 aliphatic rings. The lowest BCUT2D eigenvalue weighted by Crippen LogP contribution is -2.01. The van der Waals surface area contributed by atoms with Gasteiger partial charge < -0.3 is 0 Å². The van der Waals surface area contributed by atoms with Crippen molar-refractivity contribution in [3.8, 4) is 56.2 Å². The molecule has 1 aromatic heterocycles. The third kappa shape index (κ3) is 4.70. The summed E-state index contributed by atoms with van der Waals surface area (Å²) >= 11 is 0. The summed E-state index contributed by atoms with van der Waals surface area (Å²) in [7, 11) is 0. The van der Waals surface area contributed by atoms with Crippen molar-refractivity contribution in [1.82, 2.24) is 9.97 Å². The van der Waals surface area contributed by atoms with Crippen LogP contribution < -0.4 is 0 Å². The van der Waals surface area contributed by atoms with Gasteiger partial charge in [0.15, 0.2) is 5.82 Å². The molecule has 37 heavy (non-hydrogen) atoms. The lowest BCUT2D eigenvalue weighted by Gasteiger charge is -2.17. The molecule has 0 aliphatic heterocycles. The summed E-state index contributed by atoms with van der Waals surface area (Å²) in [4.78, 5) is 10.4. The van der Waals surface area contributed by atoms with E-state index < -0.39 is 0 Å².